The summed E-state index contributed by atoms with van der Waals surface area (Å²) in [6.07, 6.45) is 4.58. The van der Waals surface area contributed by atoms with Gasteiger partial charge < -0.3 is 5.11 Å². The minimum atomic E-state index is -0.790. The van der Waals surface area contributed by atoms with Gasteiger partial charge in [0.2, 0.25) is 0 Å². The third kappa shape index (κ3) is 1.03. The average Bonchev–Trinajstić information content (AvgIpc) is 2.49. The Morgan fingerprint density at radius 1 is 1.58 bits per heavy atom. The summed E-state index contributed by atoms with van der Waals surface area (Å²) in [7, 11) is 0. The number of carbonyl (C=O) groups is 1. The molecule has 3 unspecified atom stereocenters. The van der Waals surface area contributed by atoms with Crippen LogP contribution in [0.25, 0.3) is 0 Å². The van der Waals surface area contributed by atoms with Gasteiger partial charge >= 0.3 is 5.97 Å². The van der Waals surface area contributed by atoms with Crippen molar-refractivity contribution >= 4 is 5.97 Å². The largest absolute Gasteiger partial charge is 0.481 e. The van der Waals surface area contributed by atoms with E-state index in [-0.39, 0.29) is 6.04 Å². The summed E-state index contributed by atoms with van der Waals surface area (Å²) in [6, 6.07) is -0.104. The number of carboxylic acids is 1. The Balaban J connectivity index is 2.22. The molecule has 2 rings (SSSR count). The van der Waals surface area contributed by atoms with E-state index >= 15 is 0 Å². The fourth-order valence-electron chi connectivity index (χ4n) is 1.77. The van der Waals surface area contributed by atoms with Crippen molar-refractivity contribution in [2.75, 3.05) is 6.54 Å². The molecule has 2 aliphatic rings. The van der Waals surface area contributed by atoms with Crippen LogP contribution in [0.15, 0.2) is 22.4 Å². The minimum Gasteiger partial charge on any atom is -0.481 e. The zero-order valence-electron chi connectivity index (χ0n) is 6.55. The van der Waals surface area contributed by atoms with Crippen LogP contribution >= 0.6 is 0 Å². The van der Waals surface area contributed by atoms with Crippen LogP contribution in [0.1, 0.15) is 6.42 Å². The lowest BCUT2D eigenvalue weighted by Crippen LogP contribution is -2.32. The van der Waals surface area contributed by atoms with Crippen molar-refractivity contribution in [2.45, 2.75) is 12.5 Å². The van der Waals surface area contributed by atoms with E-state index in [4.69, 9.17) is 5.11 Å². The Bertz CT molecular complexity index is 260. The maximum atomic E-state index is 10.7. The van der Waals surface area contributed by atoms with E-state index in [1.807, 2.05) is 6.08 Å². The van der Waals surface area contributed by atoms with Crippen LogP contribution in [0, 0.1) is 11.8 Å². The molecule has 0 radical (unpaired) electrons. The van der Waals surface area contributed by atoms with E-state index in [2.05, 4.69) is 10.2 Å². The first-order chi connectivity index (χ1) is 5.79. The predicted octanol–water partition coefficient (Wildman–Crippen LogP) is 1.10. The van der Waals surface area contributed by atoms with Gasteiger partial charge in [0.05, 0.1) is 18.5 Å². The van der Waals surface area contributed by atoms with Crippen LogP contribution in [0.5, 0.6) is 0 Å². The third-order valence-electron chi connectivity index (χ3n) is 2.45. The van der Waals surface area contributed by atoms with E-state index < -0.39 is 11.9 Å². The van der Waals surface area contributed by atoms with E-state index in [0.717, 1.165) is 6.42 Å². The van der Waals surface area contributed by atoms with Gasteiger partial charge in [0.1, 0.15) is 0 Å². The molecule has 1 aliphatic carbocycles. The van der Waals surface area contributed by atoms with E-state index in [0.29, 0.717) is 12.5 Å². The van der Waals surface area contributed by atoms with Crippen LogP contribution < -0.4 is 0 Å². The fourth-order valence-corrected chi connectivity index (χ4v) is 1.77. The molecular weight excluding hydrogens is 156 g/mol. The number of hydrogen-bond donors (Lipinski definition) is 1. The number of rotatable bonds is 1. The topological polar surface area (TPSA) is 62.0 Å². The van der Waals surface area contributed by atoms with Crippen LogP contribution in [0.3, 0.4) is 0 Å². The molecule has 4 heteroatoms. The monoisotopic (exact) mass is 166 g/mol. The summed E-state index contributed by atoms with van der Waals surface area (Å²) in [6.45, 7) is 0.693. The summed E-state index contributed by atoms with van der Waals surface area (Å²) < 4.78 is 0. The molecule has 0 fully saturated rings. The Kier molecular flexibility index (Phi) is 1.67. The molecule has 0 aromatic rings. The van der Waals surface area contributed by atoms with Gasteiger partial charge in [-0.25, -0.2) is 0 Å². The minimum absolute atomic E-state index is 0.104. The highest BCUT2D eigenvalue weighted by Crippen LogP contribution is 2.31. The SMILES string of the molecule is O=C(O)C1C=CCC2CN=NC21. The lowest BCUT2D eigenvalue weighted by molar-refractivity contribution is -0.141. The molecule has 0 aromatic carbocycles. The number of fused-ring (bicyclic) bond motifs is 1. The summed E-state index contributed by atoms with van der Waals surface area (Å²) in [5.74, 6) is -0.909. The van der Waals surface area contributed by atoms with Crippen molar-refractivity contribution in [1.82, 2.24) is 0 Å². The molecular formula is C8H10N2O2. The smallest absolute Gasteiger partial charge is 0.312 e. The molecule has 1 N–H and O–H groups in total. The van der Waals surface area contributed by atoms with Crippen molar-refractivity contribution in [3.05, 3.63) is 12.2 Å². The molecule has 64 valence electrons. The van der Waals surface area contributed by atoms with Crippen LogP contribution in [0.2, 0.25) is 0 Å². The van der Waals surface area contributed by atoms with Gasteiger partial charge in [0, 0.05) is 5.92 Å². The molecule has 12 heavy (non-hydrogen) atoms. The highest BCUT2D eigenvalue weighted by Gasteiger charge is 2.37. The Labute approximate surface area is 70.0 Å². The Morgan fingerprint density at radius 2 is 2.42 bits per heavy atom. The van der Waals surface area contributed by atoms with Crippen molar-refractivity contribution in [2.24, 2.45) is 22.1 Å². The summed E-state index contributed by atoms with van der Waals surface area (Å²) in [5.41, 5.74) is 0. The van der Waals surface area contributed by atoms with Crippen LogP contribution in [-0.2, 0) is 4.79 Å². The van der Waals surface area contributed by atoms with Gasteiger partial charge in [0.15, 0.2) is 0 Å². The van der Waals surface area contributed by atoms with Gasteiger partial charge in [-0.05, 0) is 6.42 Å². The van der Waals surface area contributed by atoms with Crippen molar-refractivity contribution in [1.29, 1.82) is 0 Å². The van der Waals surface area contributed by atoms with Crippen molar-refractivity contribution in [3.8, 4) is 0 Å². The lowest BCUT2D eigenvalue weighted by Gasteiger charge is -2.22. The molecule has 0 bridgehead atoms. The highest BCUT2D eigenvalue weighted by atomic mass is 16.4. The van der Waals surface area contributed by atoms with E-state index in [1.165, 1.54) is 0 Å². The zero-order valence-corrected chi connectivity index (χ0v) is 6.55. The second-order valence-corrected chi connectivity index (χ2v) is 3.22. The molecule has 0 amide bonds. The number of aliphatic carboxylic acids is 1. The number of nitrogens with zero attached hydrogens (tertiary/aromatic N) is 2. The van der Waals surface area contributed by atoms with Gasteiger partial charge in [-0.1, -0.05) is 12.2 Å². The predicted molar refractivity (Wildman–Crippen MR) is 41.9 cm³/mol. The molecule has 4 nitrogen and oxygen atoms in total. The lowest BCUT2D eigenvalue weighted by atomic mass is 9.83. The van der Waals surface area contributed by atoms with Crippen molar-refractivity contribution in [3.63, 3.8) is 0 Å². The second kappa shape index (κ2) is 2.69. The number of allylic oxidation sites excluding steroid dienone is 1. The summed E-state index contributed by atoms with van der Waals surface area (Å²) in [4.78, 5) is 10.7. The highest BCUT2D eigenvalue weighted by molar-refractivity contribution is 5.73. The molecule has 1 aliphatic heterocycles. The quantitative estimate of drug-likeness (QED) is 0.593. The number of azo groups is 1. The molecule has 3 atom stereocenters. The molecule has 0 saturated carbocycles. The van der Waals surface area contributed by atoms with Crippen molar-refractivity contribution < 1.29 is 9.90 Å². The first-order valence-electron chi connectivity index (χ1n) is 4.05. The molecule has 0 spiro atoms. The van der Waals surface area contributed by atoms with Crippen LogP contribution in [-0.4, -0.2) is 23.7 Å². The van der Waals surface area contributed by atoms with E-state index in [9.17, 15) is 4.79 Å². The maximum Gasteiger partial charge on any atom is 0.312 e. The third-order valence-corrected chi connectivity index (χ3v) is 2.45. The van der Waals surface area contributed by atoms with E-state index in [1.54, 1.807) is 6.08 Å². The second-order valence-electron chi connectivity index (χ2n) is 3.22. The Morgan fingerprint density at radius 3 is 3.17 bits per heavy atom. The van der Waals surface area contributed by atoms with Gasteiger partial charge in [0.25, 0.3) is 0 Å². The standard InChI is InChI=1S/C8H10N2O2/c11-8(12)6-3-1-2-5-4-9-10-7(5)6/h1,3,5-7H,2,4H2,(H,11,12). The average molecular weight is 166 g/mol. The zero-order chi connectivity index (χ0) is 8.55. The Hall–Kier alpha value is -1.19. The normalized spacial score (nSPS) is 38.2. The first-order valence-corrected chi connectivity index (χ1v) is 4.05. The van der Waals surface area contributed by atoms with Gasteiger partial charge in [-0.15, -0.1) is 0 Å². The molecule has 0 saturated heterocycles. The maximum absolute atomic E-state index is 10.7. The van der Waals surface area contributed by atoms with Crippen LogP contribution in [0.4, 0.5) is 0 Å². The number of carboxylic acid groups (broad SMARTS) is 1. The number of hydrogen-bond acceptors (Lipinski definition) is 3. The summed E-state index contributed by atoms with van der Waals surface area (Å²) in [5, 5.41) is 16.7. The van der Waals surface area contributed by atoms with Gasteiger partial charge in [-0.2, -0.15) is 10.2 Å². The molecule has 0 aromatic heterocycles. The molecule has 1 heterocycles. The van der Waals surface area contributed by atoms with Gasteiger partial charge in [-0.3, -0.25) is 4.79 Å². The fraction of sp³-hybridized carbons (Fsp3) is 0.625. The first kappa shape index (κ1) is 7.46. The summed E-state index contributed by atoms with van der Waals surface area (Å²) >= 11 is 0.